The van der Waals surface area contributed by atoms with Crippen molar-refractivity contribution >= 4 is 12.0 Å². The van der Waals surface area contributed by atoms with E-state index in [0.717, 1.165) is 25.0 Å². The lowest BCUT2D eigenvalue weighted by Gasteiger charge is -2.23. The van der Waals surface area contributed by atoms with Crippen molar-refractivity contribution in [2.45, 2.75) is 25.8 Å². The van der Waals surface area contributed by atoms with Crippen molar-refractivity contribution in [1.29, 1.82) is 0 Å². The van der Waals surface area contributed by atoms with Crippen LogP contribution in [0, 0.1) is 23.0 Å². The molecule has 2 fully saturated rings. The van der Waals surface area contributed by atoms with Crippen molar-refractivity contribution in [3.8, 4) is 0 Å². The van der Waals surface area contributed by atoms with Crippen molar-refractivity contribution in [2.24, 2.45) is 11.3 Å². The zero-order chi connectivity index (χ0) is 16.6. The number of rotatable bonds is 3. The minimum Gasteiger partial charge on any atom is -0.481 e. The lowest BCUT2D eigenvalue weighted by molar-refractivity contribution is -0.149. The average Bonchev–Trinajstić information content (AvgIpc) is 3.06. The van der Waals surface area contributed by atoms with E-state index in [9.17, 15) is 23.5 Å². The van der Waals surface area contributed by atoms with E-state index in [-0.39, 0.29) is 25.0 Å². The van der Waals surface area contributed by atoms with Crippen molar-refractivity contribution < 1.29 is 23.5 Å². The summed E-state index contributed by atoms with van der Waals surface area (Å²) >= 11 is 0. The fraction of sp³-hybridized carbons (Fsp3) is 0.500. The molecule has 3 rings (SSSR count). The molecule has 5 nitrogen and oxygen atoms in total. The van der Waals surface area contributed by atoms with Gasteiger partial charge in [-0.2, -0.15) is 0 Å². The molecular formula is C16H18F2N2O3. The van der Waals surface area contributed by atoms with Crippen LogP contribution in [-0.2, 0) is 11.3 Å². The first kappa shape index (κ1) is 15.7. The van der Waals surface area contributed by atoms with Crippen LogP contribution in [0.1, 0.15) is 24.8 Å². The molecule has 2 N–H and O–H groups in total. The van der Waals surface area contributed by atoms with Gasteiger partial charge in [0.2, 0.25) is 0 Å². The highest BCUT2D eigenvalue weighted by Gasteiger charge is 2.55. The van der Waals surface area contributed by atoms with Crippen LogP contribution in [0.3, 0.4) is 0 Å². The highest BCUT2D eigenvalue weighted by molar-refractivity contribution is 5.80. The topological polar surface area (TPSA) is 69.6 Å². The number of aliphatic carboxylic acids is 1. The summed E-state index contributed by atoms with van der Waals surface area (Å²) in [5, 5.41) is 12.1. The summed E-state index contributed by atoms with van der Waals surface area (Å²) in [7, 11) is 0. The molecule has 1 aliphatic carbocycles. The predicted molar refractivity (Wildman–Crippen MR) is 77.6 cm³/mol. The van der Waals surface area contributed by atoms with E-state index in [1.54, 1.807) is 0 Å². The minimum absolute atomic E-state index is 0.00554. The number of hydrogen-bond acceptors (Lipinski definition) is 2. The quantitative estimate of drug-likeness (QED) is 0.897. The fourth-order valence-electron chi connectivity index (χ4n) is 3.73. The van der Waals surface area contributed by atoms with Crippen LogP contribution in [0.2, 0.25) is 0 Å². The molecule has 0 aromatic heterocycles. The number of likely N-dealkylation sites (tertiary alicyclic amines) is 1. The second-order valence-electron chi connectivity index (χ2n) is 6.34. The molecule has 2 amide bonds. The van der Waals surface area contributed by atoms with Crippen LogP contribution >= 0.6 is 0 Å². The summed E-state index contributed by atoms with van der Waals surface area (Å²) in [5.74, 6) is -2.74. The first-order valence-electron chi connectivity index (χ1n) is 7.62. The van der Waals surface area contributed by atoms with Gasteiger partial charge >= 0.3 is 12.0 Å². The molecule has 1 saturated heterocycles. The fourth-order valence-corrected chi connectivity index (χ4v) is 3.73. The molecule has 2 atom stereocenters. The normalized spacial score (nSPS) is 26.2. The third kappa shape index (κ3) is 2.75. The Balaban J connectivity index is 1.61. The minimum atomic E-state index is -0.961. The SMILES string of the molecule is O=C(NCc1ccc(F)c(F)c1)N1C[C@@H]2CCC[C@@]2(C(=O)O)C1. The molecule has 7 heteroatoms. The molecular weight excluding hydrogens is 306 g/mol. The predicted octanol–water partition coefficient (Wildman–Crippen LogP) is 2.36. The molecule has 1 aromatic rings. The molecule has 2 aliphatic rings. The second-order valence-corrected chi connectivity index (χ2v) is 6.34. The number of amides is 2. The van der Waals surface area contributed by atoms with Gasteiger partial charge in [0.1, 0.15) is 0 Å². The highest BCUT2D eigenvalue weighted by Crippen LogP contribution is 2.48. The van der Waals surface area contributed by atoms with E-state index >= 15 is 0 Å². The Kier molecular flexibility index (Phi) is 3.95. The van der Waals surface area contributed by atoms with Crippen LogP contribution in [0.25, 0.3) is 0 Å². The number of carbonyl (C=O) groups is 2. The van der Waals surface area contributed by atoms with Crippen molar-refractivity contribution in [2.75, 3.05) is 13.1 Å². The number of urea groups is 1. The number of hydrogen-bond donors (Lipinski definition) is 2. The smallest absolute Gasteiger partial charge is 0.317 e. The largest absolute Gasteiger partial charge is 0.481 e. The Morgan fingerprint density at radius 2 is 2.13 bits per heavy atom. The summed E-state index contributed by atoms with van der Waals surface area (Å²) in [4.78, 5) is 25.3. The third-order valence-corrected chi connectivity index (χ3v) is 5.01. The van der Waals surface area contributed by atoms with Crippen LogP contribution in [-0.4, -0.2) is 35.1 Å². The zero-order valence-corrected chi connectivity index (χ0v) is 12.5. The lowest BCUT2D eigenvalue weighted by Crippen LogP contribution is -2.41. The van der Waals surface area contributed by atoms with E-state index in [0.29, 0.717) is 18.5 Å². The number of benzene rings is 1. The molecule has 23 heavy (non-hydrogen) atoms. The van der Waals surface area contributed by atoms with Crippen molar-refractivity contribution in [1.82, 2.24) is 10.2 Å². The van der Waals surface area contributed by atoms with Gasteiger partial charge in [0.25, 0.3) is 0 Å². The molecule has 1 aliphatic heterocycles. The monoisotopic (exact) mass is 324 g/mol. The standard InChI is InChI=1S/C16H18F2N2O3/c17-12-4-3-10(6-13(12)18)7-19-15(23)20-8-11-2-1-5-16(11,9-20)14(21)22/h3-4,6,11H,1-2,5,7-9H2,(H,19,23)(H,21,22)/t11-,16+/m0/s1. The summed E-state index contributed by atoms with van der Waals surface area (Å²) in [6.07, 6.45) is 2.29. The van der Waals surface area contributed by atoms with Crippen molar-refractivity contribution in [3.05, 3.63) is 35.4 Å². The Bertz CT molecular complexity index is 652. The van der Waals surface area contributed by atoms with Gasteiger partial charge in [0.05, 0.1) is 5.41 Å². The van der Waals surface area contributed by atoms with Gasteiger partial charge in [-0.05, 0) is 36.5 Å². The number of halogens is 2. The number of carboxylic acids is 1. The summed E-state index contributed by atoms with van der Waals surface area (Å²) in [5.41, 5.74) is -0.371. The van der Waals surface area contributed by atoms with Gasteiger partial charge in [-0.3, -0.25) is 4.79 Å². The zero-order valence-electron chi connectivity index (χ0n) is 12.5. The highest BCUT2D eigenvalue weighted by atomic mass is 19.2. The van der Waals surface area contributed by atoms with Gasteiger partial charge < -0.3 is 15.3 Å². The van der Waals surface area contributed by atoms with E-state index in [4.69, 9.17) is 0 Å². The van der Waals surface area contributed by atoms with Crippen LogP contribution in [0.15, 0.2) is 18.2 Å². The first-order valence-corrected chi connectivity index (χ1v) is 7.62. The van der Waals surface area contributed by atoms with E-state index in [1.807, 2.05) is 0 Å². The van der Waals surface area contributed by atoms with E-state index in [1.165, 1.54) is 11.0 Å². The summed E-state index contributed by atoms with van der Waals surface area (Å²) in [6.45, 7) is 0.698. The third-order valence-electron chi connectivity index (χ3n) is 5.01. The van der Waals surface area contributed by atoms with Gasteiger partial charge in [0, 0.05) is 19.6 Å². The summed E-state index contributed by atoms with van der Waals surface area (Å²) in [6, 6.07) is 3.07. The molecule has 1 heterocycles. The number of fused-ring (bicyclic) bond motifs is 1. The number of nitrogens with zero attached hydrogens (tertiary/aromatic N) is 1. The molecule has 0 radical (unpaired) electrons. The first-order chi connectivity index (χ1) is 10.9. The molecule has 124 valence electrons. The molecule has 0 bridgehead atoms. The van der Waals surface area contributed by atoms with Crippen LogP contribution < -0.4 is 5.32 Å². The lowest BCUT2D eigenvalue weighted by atomic mass is 9.81. The Morgan fingerprint density at radius 3 is 2.78 bits per heavy atom. The van der Waals surface area contributed by atoms with Gasteiger partial charge in [-0.15, -0.1) is 0 Å². The second kappa shape index (κ2) is 5.79. The van der Waals surface area contributed by atoms with Crippen LogP contribution in [0.5, 0.6) is 0 Å². The maximum atomic E-state index is 13.1. The van der Waals surface area contributed by atoms with Gasteiger partial charge in [0.15, 0.2) is 11.6 Å². The van der Waals surface area contributed by atoms with E-state index in [2.05, 4.69) is 5.32 Å². The molecule has 1 aromatic carbocycles. The van der Waals surface area contributed by atoms with Crippen molar-refractivity contribution in [3.63, 3.8) is 0 Å². The number of nitrogens with one attached hydrogen (secondary N) is 1. The maximum absolute atomic E-state index is 13.1. The average molecular weight is 324 g/mol. The number of carbonyl (C=O) groups excluding carboxylic acids is 1. The van der Waals surface area contributed by atoms with Gasteiger partial charge in [-0.25, -0.2) is 13.6 Å². The van der Waals surface area contributed by atoms with Gasteiger partial charge in [-0.1, -0.05) is 12.5 Å². The Hall–Kier alpha value is -2.18. The maximum Gasteiger partial charge on any atom is 0.317 e. The van der Waals surface area contributed by atoms with E-state index < -0.39 is 23.0 Å². The molecule has 0 spiro atoms. The Morgan fingerprint density at radius 1 is 1.35 bits per heavy atom. The molecule has 1 saturated carbocycles. The summed E-state index contributed by atoms with van der Waals surface area (Å²) < 4.78 is 26.0. The molecule has 0 unspecified atom stereocenters. The number of carboxylic acid groups (broad SMARTS) is 1. The van der Waals surface area contributed by atoms with Crippen LogP contribution in [0.4, 0.5) is 13.6 Å². The Labute approximate surface area is 132 Å².